The van der Waals surface area contributed by atoms with Crippen molar-refractivity contribution in [2.45, 2.75) is 143 Å². The van der Waals surface area contributed by atoms with Crippen LogP contribution >= 0.6 is 0 Å². The Balaban J connectivity index is 1.19. The number of morpholine rings is 1. The van der Waals surface area contributed by atoms with Crippen molar-refractivity contribution >= 4 is 11.9 Å². The summed E-state index contributed by atoms with van der Waals surface area (Å²) in [6.07, 6.45) is 15.5. The summed E-state index contributed by atoms with van der Waals surface area (Å²) < 4.78 is 11.9. The van der Waals surface area contributed by atoms with Gasteiger partial charge in [0.2, 0.25) is 5.91 Å². The molecule has 296 valence electrons. The molecule has 8 heteroatoms. The molecule has 1 aliphatic heterocycles. The number of aliphatic hydroxyl groups is 1. The lowest BCUT2D eigenvalue weighted by Crippen LogP contribution is -2.67. The average molecular weight is 727 g/mol. The van der Waals surface area contributed by atoms with E-state index in [2.05, 4.69) is 44.8 Å². The lowest BCUT2D eigenvalue weighted by Gasteiger charge is -2.72. The molecule has 5 aliphatic carbocycles. The van der Waals surface area contributed by atoms with Gasteiger partial charge in [-0.25, -0.2) is 0 Å². The number of fused-ring (bicyclic) bond motifs is 7. The zero-order valence-corrected chi connectivity index (χ0v) is 33.6. The Morgan fingerprint density at radius 3 is 2.33 bits per heavy atom. The van der Waals surface area contributed by atoms with Crippen molar-refractivity contribution in [3.8, 4) is 0 Å². The van der Waals surface area contributed by atoms with Crippen LogP contribution < -0.4 is 5.32 Å². The van der Waals surface area contributed by atoms with Gasteiger partial charge in [0.15, 0.2) is 0 Å². The topological polar surface area (TPSA) is 108 Å². The normalized spacial score (nSPS) is 41.3. The number of nitrogens with zero attached hydrogens (tertiary/aromatic N) is 1. The van der Waals surface area contributed by atoms with Crippen LogP contribution in [0.1, 0.15) is 137 Å². The van der Waals surface area contributed by atoms with Gasteiger partial charge in [-0.15, -0.1) is 0 Å². The Hall–Kier alpha value is -1.48. The van der Waals surface area contributed by atoms with Gasteiger partial charge in [0.1, 0.15) is 0 Å². The van der Waals surface area contributed by atoms with Crippen LogP contribution in [0.3, 0.4) is 0 Å². The molecule has 1 heterocycles. The summed E-state index contributed by atoms with van der Waals surface area (Å²) in [5, 5.41) is 23.6. The van der Waals surface area contributed by atoms with Crippen LogP contribution in [-0.2, 0) is 19.1 Å². The monoisotopic (exact) mass is 727 g/mol. The number of aliphatic hydroxyl groups excluding tert-OH is 1. The minimum atomic E-state index is -0.719. The number of ether oxygens (including phenoxy) is 2. The van der Waals surface area contributed by atoms with Crippen LogP contribution in [-0.4, -0.2) is 85.7 Å². The number of unbranched alkanes of at least 4 members (excludes halogenated alkanes) is 4. The van der Waals surface area contributed by atoms with E-state index in [1.165, 1.54) is 31.3 Å². The highest BCUT2D eigenvalue weighted by molar-refractivity contribution is 5.84. The number of carbonyl (C=O) groups excluding carboxylic acids is 1. The first-order valence-corrected chi connectivity index (χ1v) is 21.4. The molecule has 0 aromatic rings. The van der Waals surface area contributed by atoms with Crippen LogP contribution in [0.5, 0.6) is 0 Å². The van der Waals surface area contributed by atoms with E-state index < -0.39 is 5.97 Å². The number of carboxylic acids is 1. The predicted molar refractivity (Wildman–Crippen MR) is 206 cm³/mol. The number of carboxylic acid groups (broad SMARTS) is 1. The molecule has 52 heavy (non-hydrogen) atoms. The molecule has 0 aromatic carbocycles. The third kappa shape index (κ3) is 7.18. The number of amides is 1. The van der Waals surface area contributed by atoms with Gasteiger partial charge in [0.25, 0.3) is 0 Å². The fourth-order valence-electron chi connectivity index (χ4n) is 14.1. The number of carbonyl (C=O) groups is 2. The van der Waals surface area contributed by atoms with Crippen LogP contribution in [0.15, 0.2) is 12.2 Å². The largest absolute Gasteiger partial charge is 0.481 e. The number of hydrogen-bond acceptors (Lipinski definition) is 6. The third-order valence-corrected chi connectivity index (χ3v) is 17.2. The molecule has 6 fully saturated rings. The number of hydrogen-bond donors (Lipinski definition) is 3. The fraction of sp³-hybridized carbons (Fsp3) is 0.909. The molecule has 1 saturated heterocycles. The summed E-state index contributed by atoms with van der Waals surface area (Å²) in [5.74, 6) is 1.79. The molecule has 10 atom stereocenters. The van der Waals surface area contributed by atoms with Crippen molar-refractivity contribution in [3.05, 3.63) is 12.2 Å². The smallest absolute Gasteiger partial charge is 0.303 e. The van der Waals surface area contributed by atoms with E-state index in [4.69, 9.17) is 21.2 Å². The molecular formula is C44H74N2O6. The second-order valence-electron chi connectivity index (χ2n) is 19.7. The maximum absolute atomic E-state index is 14.6. The summed E-state index contributed by atoms with van der Waals surface area (Å²) in [7, 11) is 0. The summed E-state index contributed by atoms with van der Waals surface area (Å²) in [6, 6.07) is 0. The van der Waals surface area contributed by atoms with Gasteiger partial charge >= 0.3 is 5.97 Å². The quantitative estimate of drug-likeness (QED) is 0.116. The van der Waals surface area contributed by atoms with Gasteiger partial charge in [-0.1, -0.05) is 60.5 Å². The molecule has 3 N–H and O–H groups in total. The van der Waals surface area contributed by atoms with Crippen LogP contribution in [0.4, 0.5) is 0 Å². The van der Waals surface area contributed by atoms with Gasteiger partial charge in [0, 0.05) is 32.6 Å². The highest BCUT2D eigenvalue weighted by Gasteiger charge is 2.72. The molecule has 6 aliphatic rings. The Morgan fingerprint density at radius 2 is 1.58 bits per heavy atom. The summed E-state index contributed by atoms with van der Waals surface area (Å²) in [4.78, 5) is 27.9. The Morgan fingerprint density at radius 1 is 0.846 bits per heavy atom. The van der Waals surface area contributed by atoms with E-state index in [9.17, 15) is 14.7 Å². The second-order valence-corrected chi connectivity index (χ2v) is 19.7. The van der Waals surface area contributed by atoms with Crippen molar-refractivity contribution in [2.24, 2.45) is 56.7 Å². The SMILES string of the molecule is C=C(COCCN1CCOCC1)[C@@H]1CC[C@]2(C(=O)NCCCCCCCC(=O)O)CC[C@]3(C)[C@H](CCC4[C@@]5(C)CC[C@H](O)C(C)(C)[C@@H]5CC[C@]43C)[C@@H]12. The minimum absolute atomic E-state index is 0.0551. The molecule has 1 unspecified atom stereocenters. The van der Waals surface area contributed by atoms with Gasteiger partial charge in [-0.3, -0.25) is 14.5 Å². The first-order chi connectivity index (χ1) is 24.7. The lowest BCUT2D eigenvalue weighted by atomic mass is 9.32. The van der Waals surface area contributed by atoms with E-state index >= 15 is 0 Å². The first kappa shape index (κ1) is 40.2. The Labute approximate surface area is 315 Å². The van der Waals surface area contributed by atoms with E-state index in [1.807, 2.05) is 0 Å². The standard InChI is InChI=1S/C44H74N2O6/c1-31(30-52-29-26-46-24-27-51-28-25-46)32-15-20-44(39(50)45-23-11-9-7-8-10-12-37(48)49)22-21-42(5)33(38(32)44)13-14-35-41(4)18-17-36(47)40(2,3)34(41)16-19-43(35,42)6/h32-36,38,47H,1,7-30H2,2-6H3,(H,45,50)(H,48,49)/t32-,33+,34-,35?,36-,38+,41-,42+,43+,44-/m0/s1. The Kier molecular flexibility index (Phi) is 12.3. The van der Waals surface area contributed by atoms with Gasteiger partial charge in [-0.05, 0) is 134 Å². The molecule has 0 radical (unpaired) electrons. The van der Waals surface area contributed by atoms with Crippen molar-refractivity contribution < 1.29 is 29.3 Å². The van der Waals surface area contributed by atoms with Gasteiger partial charge < -0.3 is 25.0 Å². The van der Waals surface area contributed by atoms with E-state index in [-0.39, 0.29) is 51.4 Å². The van der Waals surface area contributed by atoms with Crippen molar-refractivity contribution in [1.82, 2.24) is 10.2 Å². The number of aliphatic carboxylic acids is 1. The molecule has 8 nitrogen and oxygen atoms in total. The Bertz CT molecular complexity index is 1280. The predicted octanol–water partition coefficient (Wildman–Crippen LogP) is 7.88. The number of rotatable bonds is 15. The highest BCUT2D eigenvalue weighted by Crippen LogP contribution is 2.77. The van der Waals surface area contributed by atoms with Crippen molar-refractivity contribution in [2.75, 3.05) is 52.6 Å². The van der Waals surface area contributed by atoms with Crippen molar-refractivity contribution in [1.29, 1.82) is 0 Å². The number of nitrogens with one attached hydrogen (secondary N) is 1. The third-order valence-electron chi connectivity index (χ3n) is 17.2. The lowest BCUT2D eigenvalue weighted by molar-refractivity contribution is -0.246. The van der Waals surface area contributed by atoms with Crippen LogP contribution in [0, 0.1) is 56.7 Å². The average Bonchev–Trinajstić information content (AvgIpc) is 3.51. The maximum atomic E-state index is 14.6. The summed E-state index contributed by atoms with van der Waals surface area (Å²) in [6.45, 7) is 23.7. The molecule has 6 rings (SSSR count). The molecule has 5 saturated carbocycles. The molecule has 0 aromatic heterocycles. The zero-order valence-electron chi connectivity index (χ0n) is 33.6. The molecular weight excluding hydrogens is 652 g/mol. The van der Waals surface area contributed by atoms with Crippen LogP contribution in [0.2, 0.25) is 0 Å². The summed E-state index contributed by atoms with van der Waals surface area (Å²) >= 11 is 0. The van der Waals surface area contributed by atoms with Crippen LogP contribution in [0.25, 0.3) is 0 Å². The van der Waals surface area contributed by atoms with Crippen molar-refractivity contribution in [3.63, 3.8) is 0 Å². The molecule has 1 amide bonds. The fourth-order valence-corrected chi connectivity index (χ4v) is 14.1. The maximum Gasteiger partial charge on any atom is 0.303 e. The molecule has 0 spiro atoms. The van der Waals surface area contributed by atoms with Gasteiger partial charge in [-0.2, -0.15) is 0 Å². The highest BCUT2D eigenvalue weighted by atomic mass is 16.5. The van der Waals surface area contributed by atoms with E-state index in [1.54, 1.807) is 0 Å². The minimum Gasteiger partial charge on any atom is -0.481 e. The zero-order chi connectivity index (χ0) is 37.4. The van der Waals surface area contributed by atoms with Gasteiger partial charge in [0.05, 0.1) is 37.9 Å². The second kappa shape index (κ2) is 15.9. The first-order valence-electron chi connectivity index (χ1n) is 21.4. The summed E-state index contributed by atoms with van der Waals surface area (Å²) in [5.41, 5.74) is 1.36. The molecule has 0 bridgehead atoms. The van der Waals surface area contributed by atoms with E-state index in [0.29, 0.717) is 43.4 Å². The van der Waals surface area contributed by atoms with E-state index in [0.717, 1.165) is 103 Å².